The minimum atomic E-state index is -3.87. The van der Waals surface area contributed by atoms with E-state index >= 15 is 0 Å². The molecule has 2 rings (SSSR count). The van der Waals surface area contributed by atoms with Crippen LogP contribution in [0.4, 0.5) is 10.1 Å². The highest BCUT2D eigenvalue weighted by atomic mass is 127. The maximum atomic E-state index is 13.8. The minimum Gasteiger partial charge on any atom is -0.326 e. The molecule has 0 aliphatic heterocycles. The van der Waals surface area contributed by atoms with E-state index in [1.807, 2.05) is 22.6 Å². The largest absolute Gasteiger partial charge is 0.326 e. The highest BCUT2D eigenvalue weighted by Gasteiger charge is 2.21. The molecule has 0 amide bonds. The predicted octanol–water partition coefficient (Wildman–Crippen LogP) is 3.00. The summed E-state index contributed by atoms with van der Waals surface area (Å²) >= 11 is 2.03. The van der Waals surface area contributed by atoms with Gasteiger partial charge in [-0.05, 0) is 59.3 Å². The summed E-state index contributed by atoms with van der Waals surface area (Å²) in [7, 11) is -3.87. The van der Waals surface area contributed by atoms with Crippen molar-refractivity contribution < 1.29 is 12.8 Å². The maximum Gasteiger partial charge on any atom is 0.262 e. The summed E-state index contributed by atoms with van der Waals surface area (Å²) in [6, 6.07) is 9.61. The minimum absolute atomic E-state index is 0.0720. The fourth-order valence-corrected chi connectivity index (χ4v) is 3.94. The van der Waals surface area contributed by atoms with Crippen molar-refractivity contribution >= 4 is 38.3 Å². The first kappa shape index (κ1) is 16.2. The van der Waals surface area contributed by atoms with E-state index in [4.69, 9.17) is 5.73 Å². The summed E-state index contributed by atoms with van der Waals surface area (Å²) in [6.07, 6.45) is 0. The zero-order valence-electron chi connectivity index (χ0n) is 11.2. The molecule has 7 heteroatoms. The number of hydrogen-bond donors (Lipinski definition) is 2. The number of sulfonamides is 1. The van der Waals surface area contributed by atoms with Crippen LogP contribution >= 0.6 is 22.6 Å². The third kappa shape index (κ3) is 3.53. The summed E-state index contributed by atoms with van der Waals surface area (Å²) in [6.45, 7) is 1.50. The van der Waals surface area contributed by atoms with Crippen molar-refractivity contribution in [2.24, 2.45) is 5.73 Å². The Hall–Kier alpha value is -1.19. The highest BCUT2D eigenvalue weighted by Crippen LogP contribution is 2.25. The summed E-state index contributed by atoms with van der Waals surface area (Å²) in [4.78, 5) is -0.0948. The average Bonchev–Trinajstić information content (AvgIpc) is 2.43. The van der Waals surface area contributed by atoms with Crippen LogP contribution in [-0.2, 0) is 16.6 Å². The molecule has 3 N–H and O–H groups in total. The molecular weight excluding hydrogens is 406 g/mol. The van der Waals surface area contributed by atoms with E-state index in [1.54, 1.807) is 24.3 Å². The molecule has 0 heterocycles. The Balaban J connectivity index is 2.50. The van der Waals surface area contributed by atoms with E-state index in [-0.39, 0.29) is 17.0 Å². The van der Waals surface area contributed by atoms with E-state index in [1.165, 1.54) is 19.1 Å². The fraction of sp³-hybridized carbons (Fsp3) is 0.143. The van der Waals surface area contributed by atoms with Crippen LogP contribution in [0.1, 0.15) is 11.1 Å². The van der Waals surface area contributed by atoms with Gasteiger partial charge < -0.3 is 5.73 Å². The van der Waals surface area contributed by atoms with E-state index < -0.39 is 15.8 Å². The number of para-hydroxylation sites is 1. The molecule has 0 fully saturated rings. The topological polar surface area (TPSA) is 72.2 Å². The van der Waals surface area contributed by atoms with Gasteiger partial charge >= 0.3 is 0 Å². The molecule has 21 heavy (non-hydrogen) atoms. The van der Waals surface area contributed by atoms with Crippen molar-refractivity contribution in [3.8, 4) is 0 Å². The molecule has 0 aromatic heterocycles. The lowest BCUT2D eigenvalue weighted by Gasteiger charge is -2.13. The molecule has 4 nitrogen and oxygen atoms in total. The molecule has 112 valence electrons. The van der Waals surface area contributed by atoms with Gasteiger partial charge in [0, 0.05) is 15.7 Å². The first-order chi connectivity index (χ1) is 9.85. The highest BCUT2D eigenvalue weighted by molar-refractivity contribution is 14.1. The Labute approximate surface area is 136 Å². The molecule has 0 unspecified atom stereocenters. The Morgan fingerprint density at radius 1 is 1.29 bits per heavy atom. The second-order valence-electron chi connectivity index (χ2n) is 4.49. The van der Waals surface area contributed by atoms with Gasteiger partial charge in [-0.25, -0.2) is 12.8 Å². The molecule has 0 aliphatic rings. The van der Waals surface area contributed by atoms with Crippen LogP contribution < -0.4 is 10.5 Å². The van der Waals surface area contributed by atoms with Gasteiger partial charge in [0.05, 0.1) is 10.6 Å². The van der Waals surface area contributed by atoms with Crippen LogP contribution in [-0.4, -0.2) is 8.42 Å². The number of benzene rings is 2. The third-order valence-electron chi connectivity index (χ3n) is 3.00. The molecular formula is C14H14FIN2O2S. The second kappa shape index (κ2) is 6.29. The van der Waals surface area contributed by atoms with Gasteiger partial charge in [0.1, 0.15) is 5.82 Å². The summed E-state index contributed by atoms with van der Waals surface area (Å²) < 4.78 is 42.0. The number of anilines is 1. The van der Waals surface area contributed by atoms with Crippen molar-refractivity contribution in [1.82, 2.24) is 0 Å². The molecule has 0 atom stereocenters. The fourth-order valence-electron chi connectivity index (χ4n) is 1.85. The molecule has 0 saturated carbocycles. The molecule has 2 aromatic carbocycles. The van der Waals surface area contributed by atoms with Crippen LogP contribution in [0.15, 0.2) is 41.3 Å². The number of nitrogens with one attached hydrogen (secondary N) is 1. The van der Waals surface area contributed by atoms with Gasteiger partial charge in [-0.3, -0.25) is 4.72 Å². The van der Waals surface area contributed by atoms with E-state index in [2.05, 4.69) is 4.72 Å². The van der Waals surface area contributed by atoms with Gasteiger partial charge in [-0.1, -0.05) is 12.1 Å². The van der Waals surface area contributed by atoms with Crippen molar-refractivity contribution in [2.75, 3.05) is 4.72 Å². The molecule has 0 saturated heterocycles. The van der Waals surface area contributed by atoms with Crippen LogP contribution in [0.25, 0.3) is 0 Å². The first-order valence-corrected chi connectivity index (χ1v) is 8.68. The number of nitrogens with two attached hydrogens (primary N) is 1. The van der Waals surface area contributed by atoms with Crippen molar-refractivity contribution in [3.63, 3.8) is 0 Å². The molecule has 0 radical (unpaired) electrons. The van der Waals surface area contributed by atoms with Crippen molar-refractivity contribution in [3.05, 3.63) is 56.9 Å². The second-order valence-corrected chi connectivity index (χ2v) is 7.30. The van der Waals surface area contributed by atoms with Crippen molar-refractivity contribution in [1.29, 1.82) is 0 Å². The Bertz CT molecular complexity index is 779. The zero-order chi connectivity index (χ0) is 15.6. The zero-order valence-corrected chi connectivity index (χ0v) is 14.2. The lowest BCUT2D eigenvalue weighted by atomic mass is 10.1. The lowest BCUT2D eigenvalue weighted by Crippen LogP contribution is -2.16. The van der Waals surface area contributed by atoms with Gasteiger partial charge in [-0.15, -0.1) is 0 Å². The first-order valence-electron chi connectivity index (χ1n) is 6.11. The van der Waals surface area contributed by atoms with Crippen LogP contribution in [0.3, 0.4) is 0 Å². The van der Waals surface area contributed by atoms with E-state index in [0.29, 0.717) is 11.3 Å². The smallest absolute Gasteiger partial charge is 0.262 e. The standard InChI is InChI=1S/C14H14FIN2O2S/c1-9-11(15)6-10(8-17)7-14(9)21(19,20)18-13-5-3-2-4-12(13)16/h2-7,18H,8,17H2,1H3. The Morgan fingerprint density at radius 3 is 2.57 bits per heavy atom. The SMILES string of the molecule is Cc1c(F)cc(CN)cc1S(=O)(=O)Nc1ccccc1I. The van der Waals surface area contributed by atoms with Gasteiger partial charge in [0.25, 0.3) is 10.0 Å². The Kier molecular flexibility index (Phi) is 4.84. The molecule has 0 spiro atoms. The van der Waals surface area contributed by atoms with E-state index in [9.17, 15) is 12.8 Å². The third-order valence-corrected chi connectivity index (χ3v) is 5.43. The average molecular weight is 420 g/mol. The van der Waals surface area contributed by atoms with Gasteiger partial charge in [0.15, 0.2) is 0 Å². The Morgan fingerprint density at radius 2 is 1.95 bits per heavy atom. The number of rotatable bonds is 4. The molecule has 0 bridgehead atoms. The van der Waals surface area contributed by atoms with Crippen LogP contribution in [0.5, 0.6) is 0 Å². The quantitative estimate of drug-likeness (QED) is 0.748. The molecule has 2 aromatic rings. The number of hydrogen-bond acceptors (Lipinski definition) is 3. The van der Waals surface area contributed by atoms with Gasteiger partial charge in [-0.2, -0.15) is 0 Å². The normalized spacial score (nSPS) is 11.4. The number of halogens is 2. The monoisotopic (exact) mass is 420 g/mol. The summed E-state index contributed by atoms with van der Waals surface area (Å²) in [5, 5.41) is 0. The van der Waals surface area contributed by atoms with Gasteiger partial charge in [0.2, 0.25) is 0 Å². The van der Waals surface area contributed by atoms with Crippen LogP contribution in [0, 0.1) is 16.3 Å². The van der Waals surface area contributed by atoms with Crippen molar-refractivity contribution in [2.45, 2.75) is 18.4 Å². The summed E-state index contributed by atoms with van der Waals surface area (Å²) in [5.74, 6) is -0.582. The lowest BCUT2D eigenvalue weighted by molar-refractivity contribution is 0.589. The van der Waals surface area contributed by atoms with Crippen LogP contribution in [0.2, 0.25) is 0 Å². The van der Waals surface area contributed by atoms with E-state index in [0.717, 1.165) is 3.57 Å². The predicted molar refractivity (Wildman–Crippen MR) is 89.0 cm³/mol. The summed E-state index contributed by atoms with van der Waals surface area (Å²) in [5.41, 5.74) is 6.44. The maximum absolute atomic E-state index is 13.8. The molecule has 0 aliphatic carbocycles.